The molecule has 0 radical (unpaired) electrons. The maximum absolute atomic E-state index is 12.6. The van der Waals surface area contributed by atoms with Crippen molar-refractivity contribution in [2.45, 2.75) is 174 Å². The van der Waals surface area contributed by atoms with Gasteiger partial charge < -0.3 is 24.6 Å². The first kappa shape index (κ1) is 51.7. The van der Waals surface area contributed by atoms with Crippen molar-refractivity contribution < 1.29 is 47.8 Å². The zero-order valence-corrected chi connectivity index (χ0v) is 34.6. The van der Waals surface area contributed by atoms with Crippen LogP contribution in [0.15, 0.2) is 60.8 Å². The highest BCUT2D eigenvalue weighted by molar-refractivity contribution is 7.47. The predicted octanol–water partition coefficient (Wildman–Crippen LogP) is 10.7. The van der Waals surface area contributed by atoms with Crippen LogP contribution in [0.1, 0.15) is 162 Å². The van der Waals surface area contributed by atoms with Gasteiger partial charge in [0.15, 0.2) is 6.10 Å². The van der Waals surface area contributed by atoms with Gasteiger partial charge in [0.05, 0.1) is 19.8 Å². The number of esters is 2. The lowest BCUT2D eigenvalue weighted by atomic mass is 10.1. The Kier molecular flexibility index (Phi) is 37.2. The van der Waals surface area contributed by atoms with Crippen LogP contribution in [-0.2, 0) is 32.7 Å². The molecule has 3 atom stereocenters. The molecule has 10 nitrogen and oxygen atoms in total. The molecule has 11 heteroatoms. The second kappa shape index (κ2) is 38.9. The number of unbranched alkanes of at least 4 members (excludes halogenated alkanes) is 14. The maximum Gasteiger partial charge on any atom is 0.472 e. The summed E-state index contributed by atoms with van der Waals surface area (Å²) in [5.74, 6) is -0.977. The summed E-state index contributed by atoms with van der Waals surface area (Å²) in [6, 6.07) is 0. The minimum absolute atomic E-state index is 0.164. The average molecular weight is 783 g/mol. The molecule has 0 aromatic rings. The molecule has 0 aromatic carbocycles. The Morgan fingerprint density at radius 1 is 0.556 bits per heavy atom. The normalized spacial score (nSPS) is 14.5. The summed E-state index contributed by atoms with van der Waals surface area (Å²) in [6.07, 6.45) is 41.9. The third kappa shape index (κ3) is 38.0. The van der Waals surface area contributed by atoms with Gasteiger partial charge in [-0.25, -0.2) is 4.57 Å². The Labute approximate surface area is 327 Å². The van der Waals surface area contributed by atoms with E-state index in [1.807, 2.05) is 0 Å². The number of allylic oxidation sites excluding steroid dienone is 10. The number of hydrogen-bond donors (Lipinski definition) is 3. The van der Waals surface area contributed by atoms with Crippen LogP contribution in [0.2, 0.25) is 0 Å². The molecule has 0 aliphatic rings. The fourth-order valence-electron chi connectivity index (χ4n) is 5.15. The molecule has 0 aliphatic heterocycles. The summed E-state index contributed by atoms with van der Waals surface area (Å²) in [6.45, 7) is 2.26. The van der Waals surface area contributed by atoms with Gasteiger partial charge in [0.25, 0.3) is 0 Å². The van der Waals surface area contributed by atoms with Crippen molar-refractivity contribution in [1.29, 1.82) is 0 Å². The van der Waals surface area contributed by atoms with E-state index in [1.165, 1.54) is 44.9 Å². The second-order valence-corrected chi connectivity index (χ2v) is 15.1. The number of aliphatic hydroxyl groups excluding tert-OH is 2. The van der Waals surface area contributed by atoms with Crippen LogP contribution in [0, 0.1) is 0 Å². The zero-order valence-electron chi connectivity index (χ0n) is 33.7. The Hall–Kier alpha value is -2.33. The van der Waals surface area contributed by atoms with Crippen molar-refractivity contribution in [3.63, 3.8) is 0 Å². The van der Waals surface area contributed by atoms with Gasteiger partial charge in [-0.05, 0) is 83.5 Å². The average Bonchev–Trinajstić information content (AvgIpc) is 3.16. The summed E-state index contributed by atoms with van der Waals surface area (Å²) in [7, 11) is -4.63. The third-order valence-corrected chi connectivity index (χ3v) is 9.35. The Morgan fingerprint density at radius 2 is 0.963 bits per heavy atom. The monoisotopic (exact) mass is 783 g/mol. The fourth-order valence-corrected chi connectivity index (χ4v) is 5.94. The summed E-state index contributed by atoms with van der Waals surface area (Å²) in [5.41, 5.74) is 0. The van der Waals surface area contributed by atoms with Crippen LogP contribution in [0.3, 0.4) is 0 Å². The summed E-state index contributed by atoms with van der Waals surface area (Å²) < 4.78 is 32.6. The molecular formula is C43H75O10P. The van der Waals surface area contributed by atoms with Crippen molar-refractivity contribution in [2.24, 2.45) is 0 Å². The smallest absolute Gasteiger partial charge is 0.462 e. The lowest BCUT2D eigenvalue weighted by Crippen LogP contribution is -2.29. The minimum atomic E-state index is -4.63. The van der Waals surface area contributed by atoms with Crippen molar-refractivity contribution >= 4 is 19.8 Å². The van der Waals surface area contributed by atoms with Gasteiger partial charge in [-0.1, -0.05) is 126 Å². The summed E-state index contributed by atoms with van der Waals surface area (Å²) in [5, 5.41) is 18.3. The van der Waals surface area contributed by atoms with Crippen molar-refractivity contribution in [1.82, 2.24) is 0 Å². The number of phosphoric acid groups is 1. The SMILES string of the molecule is CCCCC/C=C/C/C=C/C/C=C/C/C=C/CCCCCC(=O)OC[C@@H](COP(=O)(O)OC[C@H](O)CO)OC(=O)CCCCCCC/C=C/CCCCC. The molecule has 0 amide bonds. The molecule has 0 aromatic heterocycles. The Bertz CT molecular complexity index is 1080. The molecule has 3 N–H and O–H groups in total. The maximum atomic E-state index is 12.6. The highest BCUT2D eigenvalue weighted by atomic mass is 31.2. The highest BCUT2D eigenvalue weighted by Crippen LogP contribution is 2.43. The van der Waals surface area contributed by atoms with E-state index in [1.54, 1.807) is 0 Å². The standard InChI is InChI=1S/C43H75O10P/c1-3-5-7-9-11-13-15-17-18-19-20-21-22-23-25-26-28-30-32-34-42(46)50-38-41(39-52-54(48,49)51-37-40(45)36-44)53-43(47)35-33-31-29-27-24-16-14-12-10-8-6-4-2/h11-14,17-18,20-21,23,25,40-41,44-45H,3-10,15-16,19,22,24,26-39H2,1-2H3,(H,48,49)/b13-11+,14-12+,18-17+,21-20+,25-23+/t40-,41+/m1/s1. The van der Waals surface area contributed by atoms with E-state index in [4.69, 9.17) is 19.1 Å². The largest absolute Gasteiger partial charge is 0.472 e. The number of rotatable bonds is 38. The molecule has 54 heavy (non-hydrogen) atoms. The van der Waals surface area contributed by atoms with E-state index in [0.29, 0.717) is 12.8 Å². The van der Waals surface area contributed by atoms with Gasteiger partial charge in [0.1, 0.15) is 12.7 Å². The van der Waals surface area contributed by atoms with Crippen LogP contribution in [0.4, 0.5) is 0 Å². The molecule has 0 saturated carbocycles. The van der Waals surface area contributed by atoms with Crippen LogP contribution in [0.25, 0.3) is 0 Å². The van der Waals surface area contributed by atoms with E-state index < -0.39 is 51.8 Å². The number of ether oxygens (including phenoxy) is 2. The lowest BCUT2D eigenvalue weighted by molar-refractivity contribution is -0.161. The van der Waals surface area contributed by atoms with E-state index >= 15 is 0 Å². The Morgan fingerprint density at radius 3 is 1.48 bits per heavy atom. The first-order valence-corrected chi connectivity index (χ1v) is 22.2. The molecular weight excluding hydrogens is 707 g/mol. The van der Waals surface area contributed by atoms with Gasteiger partial charge in [-0.3, -0.25) is 18.6 Å². The van der Waals surface area contributed by atoms with Gasteiger partial charge in [-0.2, -0.15) is 0 Å². The molecule has 0 rings (SSSR count). The summed E-state index contributed by atoms with van der Waals surface area (Å²) in [4.78, 5) is 34.9. The first-order valence-electron chi connectivity index (χ1n) is 20.7. The van der Waals surface area contributed by atoms with Crippen LogP contribution in [0.5, 0.6) is 0 Å². The van der Waals surface area contributed by atoms with E-state index in [9.17, 15) is 24.2 Å². The third-order valence-electron chi connectivity index (χ3n) is 8.39. The van der Waals surface area contributed by atoms with Crippen molar-refractivity contribution in [2.75, 3.05) is 26.4 Å². The van der Waals surface area contributed by atoms with Gasteiger partial charge in [0.2, 0.25) is 0 Å². The first-order chi connectivity index (χ1) is 26.2. The minimum Gasteiger partial charge on any atom is -0.462 e. The number of carbonyl (C=O) groups excluding carboxylic acids is 2. The number of aliphatic hydroxyl groups is 2. The van der Waals surface area contributed by atoms with E-state index in [0.717, 1.165) is 77.0 Å². The van der Waals surface area contributed by atoms with Gasteiger partial charge >= 0.3 is 19.8 Å². The lowest BCUT2D eigenvalue weighted by Gasteiger charge is -2.20. The highest BCUT2D eigenvalue weighted by Gasteiger charge is 2.27. The molecule has 0 heterocycles. The molecule has 0 aliphatic carbocycles. The molecule has 0 bridgehead atoms. The second-order valence-electron chi connectivity index (χ2n) is 13.7. The molecule has 1 unspecified atom stereocenters. The summed E-state index contributed by atoms with van der Waals surface area (Å²) >= 11 is 0. The fraction of sp³-hybridized carbons (Fsp3) is 0.721. The van der Waals surface area contributed by atoms with E-state index in [2.05, 4.69) is 79.1 Å². The molecule has 0 fully saturated rings. The van der Waals surface area contributed by atoms with Gasteiger partial charge in [0, 0.05) is 12.8 Å². The van der Waals surface area contributed by atoms with Crippen molar-refractivity contribution in [3.8, 4) is 0 Å². The van der Waals surface area contributed by atoms with Crippen LogP contribution < -0.4 is 0 Å². The topological polar surface area (TPSA) is 149 Å². The zero-order chi connectivity index (χ0) is 39.8. The molecule has 0 spiro atoms. The predicted molar refractivity (Wildman–Crippen MR) is 219 cm³/mol. The molecule has 312 valence electrons. The van der Waals surface area contributed by atoms with Crippen molar-refractivity contribution in [3.05, 3.63) is 60.8 Å². The quantitative estimate of drug-likeness (QED) is 0.0239. The van der Waals surface area contributed by atoms with E-state index in [-0.39, 0.29) is 19.4 Å². The van der Waals surface area contributed by atoms with Crippen LogP contribution >= 0.6 is 7.82 Å². The number of carbonyl (C=O) groups is 2. The number of phosphoric ester groups is 1. The van der Waals surface area contributed by atoms with Crippen LogP contribution in [-0.4, -0.2) is 65.7 Å². The van der Waals surface area contributed by atoms with Gasteiger partial charge in [-0.15, -0.1) is 0 Å². The molecule has 0 saturated heterocycles. The Balaban J connectivity index is 4.38. The number of hydrogen-bond acceptors (Lipinski definition) is 9.